The lowest BCUT2D eigenvalue weighted by Gasteiger charge is -2.50. The molecule has 0 bridgehead atoms. The SMILES string of the molecule is COC1CCC2(CC1)Cc1ccc(OCC(F)(F)F)cc1C21N=C(N)N(C(C)C)CC1=O. The lowest BCUT2D eigenvalue weighted by Crippen LogP contribution is -2.60. The van der Waals surface area contributed by atoms with Crippen LogP contribution in [0.3, 0.4) is 0 Å². The molecule has 32 heavy (non-hydrogen) atoms. The Kier molecular flexibility index (Phi) is 5.68. The van der Waals surface area contributed by atoms with Crippen LogP contribution in [0.4, 0.5) is 13.2 Å². The van der Waals surface area contributed by atoms with Crippen LogP contribution in [0.5, 0.6) is 5.75 Å². The summed E-state index contributed by atoms with van der Waals surface area (Å²) in [6, 6.07) is 4.88. The van der Waals surface area contributed by atoms with Gasteiger partial charge in [-0.3, -0.25) is 4.79 Å². The van der Waals surface area contributed by atoms with E-state index in [-0.39, 0.29) is 30.2 Å². The highest BCUT2D eigenvalue weighted by atomic mass is 19.4. The number of halogens is 3. The minimum atomic E-state index is -4.45. The summed E-state index contributed by atoms with van der Waals surface area (Å²) in [5.41, 5.74) is 6.23. The van der Waals surface area contributed by atoms with Gasteiger partial charge in [-0.15, -0.1) is 0 Å². The van der Waals surface area contributed by atoms with E-state index in [9.17, 15) is 18.0 Å². The topological polar surface area (TPSA) is 77.2 Å². The summed E-state index contributed by atoms with van der Waals surface area (Å²) in [7, 11) is 1.69. The average Bonchev–Trinajstić information content (AvgIpc) is 2.98. The van der Waals surface area contributed by atoms with E-state index >= 15 is 0 Å². The molecule has 1 aromatic rings. The van der Waals surface area contributed by atoms with Crippen molar-refractivity contribution in [1.82, 2.24) is 4.90 Å². The number of Topliss-reactive ketones (excluding diaryl/α,β-unsaturated/α-hetero) is 1. The molecular formula is C23H30F3N3O3. The largest absolute Gasteiger partial charge is 0.484 e. The van der Waals surface area contributed by atoms with Gasteiger partial charge in [0, 0.05) is 18.6 Å². The van der Waals surface area contributed by atoms with Gasteiger partial charge in [-0.05, 0) is 69.2 Å². The molecule has 2 N–H and O–H groups in total. The first kappa shape index (κ1) is 22.9. The summed E-state index contributed by atoms with van der Waals surface area (Å²) in [5, 5.41) is 0. The highest BCUT2D eigenvalue weighted by molar-refractivity contribution is 6.01. The molecule has 0 radical (unpaired) electrons. The number of rotatable bonds is 4. The lowest BCUT2D eigenvalue weighted by atomic mass is 9.59. The average molecular weight is 454 g/mol. The lowest BCUT2D eigenvalue weighted by molar-refractivity contribution is -0.153. The van der Waals surface area contributed by atoms with E-state index in [1.807, 2.05) is 13.8 Å². The molecule has 6 nitrogen and oxygen atoms in total. The van der Waals surface area contributed by atoms with Gasteiger partial charge in [0.1, 0.15) is 5.75 Å². The molecule has 1 fully saturated rings. The van der Waals surface area contributed by atoms with Gasteiger partial charge in [0.25, 0.3) is 0 Å². The first-order valence-corrected chi connectivity index (χ1v) is 11.0. The van der Waals surface area contributed by atoms with Gasteiger partial charge < -0.3 is 20.1 Å². The number of fused-ring (bicyclic) bond motifs is 3. The number of benzene rings is 1. The van der Waals surface area contributed by atoms with Crippen molar-refractivity contribution in [2.24, 2.45) is 16.1 Å². The maximum absolute atomic E-state index is 13.8. The predicted octanol–water partition coefficient (Wildman–Crippen LogP) is 3.56. The number of ether oxygens (including phenoxy) is 2. The zero-order valence-corrected chi connectivity index (χ0v) is 18.7. The fourth-order valence-corrected chi connectivity index (χ4v) is 5.72. The van der Waals surface area contributed by atoms with Crippen molar-refractivity contribution in [1.29, 1.82) is 0 Å². The van der Waals surface area contributed by atoms with Crippen LogP contribution < -0.4 is 10.5 Å². The molecule has 1 unspecified atom stereocenters. The van der Waals surface area contributed by atoms with Gasteiger partial charge in [0.2, 0.25) is 0 Å². The third-order valence-electron chi connectivity index (χ3n) is 7.31. The van der Waals surface area contributed by atoms with E-state index in [4.69, 9.17) is 20.2 Å². The van der Waals surface area contributed by atoms with Crippen LogP contribution in [0.15, 0.2) is 23.2 Å². The fourth-order valence-electron chi connectivity index (χ4n) is 5.72. The first-order valence-electron chi connectivity index (χ1n) is 11.0. The van der Waals surface area contributed by atoms with Gasteiger partial charge in [-0.25, -0.2) is 4.99 Å². The number of hydrogen-bond donors (Lipinski definition) is 1. The summed E-state index contributed by atoms with van der Waals surface area (Å²) in [6.07, 6.45) is -0.661. The molecule has 1 aliphatic heterocycles. The van der Waals surface area contributed by atoms with Crippen LogP contribution >= 0.6 is 0 Å². The van der Waals surface area contributed by atoms with Gasteiger partial charge >= 0.3 is 6.18 Å². The number of aliphatic imine (C=N–C) groups is 1. The monoisotopic (exact) mass is 453 g/mol. The second-order valence-corrected chi connectivity index (χ2v) is 9.44. The van der Waals surface area contributed by atoms with Crippen molar-refractivity contribution < 1.29 is 27.4 Å². The molecule has 176 valence electrons. The van der Waals surface area contributed by atoms with Gasteiger partial charge in [0.15, 0.2) is 23.9 Å². The summed E-state index contributed by atoms with van der Waals surface area (Å²) < 4.78 is 48.7. The normalized spacial score (nSPS) is 30.2. The number of guanidine groups is 1. The van der Waals surface area contributed by atoms with Crippen molar-refractivity contribution >= 4 is 11.7 Å². The third-order valence-corrected chi connectivity index (χ3v) is 7.31. The predicted molar refractivity (Wildman–Crippen MR) is 114 cm³/mol. The van der Waals surface area contributed by atoms with Crippen LogP contribution in [0.25, 0.3) is 0 Å². The Morgan fingerprint density at radius 3 is 2.56 bits per heavy atom. The number of ketones is 1. The fraction of sp³-hybridized carbons (Fsp3) is 0.652. The van der Waals surface area contributed by atoms with Crippen molar-refractivity contribution in [3.8, 4) is 5.75 Å². The van der Waals surface area contributed by atoms with Crippen molar-refractivity contribution in [2.45, 2.75) is 69.8 Å². The third kappa shape index (κ3) is 3.64. The number of nitrogens with two attached hydrogens (primary N) is 1. The zero-order chi connectivity index (χ0) is 23.3. The highest BCUT2D eigenvalue weighted by Crippen LogP contribution is 2.61. The van der Waals surface area contributed by atoms with E-state index in [1.165, 1.54) is 0 Å². The van der Waals surface area contributed by atoms with Crippen molar-refractivity contribution in [3.05, 3.63) is 29.3 Å². The summed E-state index contributed by atoms with van der Waals surface area (Å²) in [5.74, 6) is 0.307. The second kappa shape index (κ2) is 7.93. The summed E-state index contributed by atoms with van der Waals surface area (Å²) in [6.45, 7) is 2.62. The Balaban J connectivity index is 1.81. The molecule has 9 heteroatoms. The molecular weight excluding hydrogens is 423 g/mol. The van der Waals surface area contributed by atoms with Crippen LogP contribution in [-0.4, -0.2) is 55.2 Å². The Labute approximate surface area is 185 Å². The minimum Gasteiger partial charge on any atom is -0.484 e. The first-order chi connectivity index (χ1) is 15.0. The van der Waals surface area contributed by atoms with E-state index in [2.05, 4.69) is 0 Å². The van der Waals surface area contributed by atoms with Gasteiger partial charge in [0.05, 0.1) is 12.6 Å². The van der Waals surface area contributed by atoms with Crippen LogP contribution in [-0.2, 0) is 21.5 Å². The number of carbonyl (C=O) groups is 1. The number of nitrogens with zero attached hydrogens (tertiary/aromatic N) is 2. The molecule has 0 aromatic heterocycles. The number of hydrogen-bond acceptors (Lipinski definition) is 6. The summed E-state index contributed by atoms with van der Waals surface area (Å²) >= 11 is 0. The molecule has 1 saturated carbocycles. The van der Waals surface area contributed by atoms with Gasteiger partial charge in [-0.2, -0.15) is 13.2 Å². The Bertz CT molecular complexity index is 923. The smallest absolute Gasteiger partial charge is 0.422 e. The van der Waals surface area contributed by atoms with E-state index in [0.29, 0.717) is 17.9 Å². The molecule has 3 aliphatic rings. The van der Waals surface area contributed by atoms with Crippen LogP contribution in [0, 0.1) is 5.41 Å². The molecule has 0 saturated heterocycles. The van der Waals surface area contributed by atoms with Crippen molar-refractivity contribution in [2.75, 3.05) is 20.3 Å². The molecule has 1 atom stereocenters. The van der Waals surface area contributed by atoms with E-state index in [1.54, 1.807) is 30.2 Å². The van der Waals surface area contributed by atoms with Gasteiger partial charge in [-0.1, -0.05) is 6.07 Å². The Hall–Kier alpha value is -2.29. The molecule has 2 aliphatic carbocycles. The highest BCUT2D eigenvalue weighted by Gasteiger charge is 2.64. The summed E-state index contributed by atoms with van der Waals surface area (Å²) in [4.78, 5) is 20.5. The van der Waals surface area contributed by atoms with Crippen molar-refractivity contribution in [3.63, 3.8) is 0 Å². The van der Waals surface area contributed by atoms with Crippen LogP contribution in [0.2, 0.25) is 0 Å². The maximum Gasteiger partial charge on any atom is 0.422 e. The van der Waals surface area contributed by atoms with E-state index in [0.717, 1.165) is 31.2 Å². The standard InChI is InChI=1S/C23H30F3N3O3/c1-14(2)29-12-19(30)23(28-20(29)27)18-10-17(32-13-22(24,25)26)5-4-15(18)11-21(23)8-6-16(31-3)7-9-21/h4-5,10,14,16H,6-9,11-13H2,1-3H3,(H2,27,28). The van der Waals surface area contributed by atoms with E-state index < -0.39 is 23.7 Å². The minimum absolute atomic E-state index is 0.00237. The second-order valence-electron chi connectivity index (χ2n) is 9.44. The maximum atomic E-state index is 13.8. The molecule has 1 aromatic carbocycles. The quantitative estimate of drug-likeness (QED) is 0.754. The Morgan fingerprint density at radius 1 is 1.28 bits per heavy atom. The number of methoxy groups -OCH3 is 1. The molecule has 1 heterocycles. The molecule has 4 rings (SSSR count). The number of carbonyl (C=O) groups excluding carboxylic acids is 1. The number of alkyl halides is 3. The molecule has 0 amide bonds. The zero-order valence-electron chi connectivity index (χ0n) is 18.7. The van der Waals surface area contributed by atoms with Crippen LogP contribution in [0.1, 0.15) is 50.7 Å². The molecule has 2 spiro atoms. The Morgan fingerprint density at radius 2 is 1.97 bits per heavy atom.